The summed E-state index contributed by atoms with van der Waals surface area (Å²) in [5, 5.41) is 7.39. The third-order valence-corrected chi connectivity index (χ3v) is 4.95. The van der Waals surface area contributed by atoms with Gasteiger partial charge in [-0.25, -0.2) is 0 Å². The van der Waals surface area contributed by atoms with Crippen LogP contribution in [0.2, 0.25) is 5.02 Å². The van der Waals surface area contributed by atoms with E-state index >= 15 is 0 Å². The fraction of sp³-hybridized carbons (Fsp3) is 0.294. The zero-order chi connectivity index (χ0) is 14.8. The van der Waals surface area contributed by atoms with Crippen LogP contribution in [0, 0.1) is 0 Å². The molecule has 1 atom stereocenters. The maximum absolute atomic E-state index is 6.22. The molecule has 110 valence electrons. The van der Waals surface area contributed by atoms with Gasteiger partial charge in [0.15, 0.2) is 5.58 Å². The largest absolute Gasteiger partial charge is 0.457 e. The maximum atomic E-state index is 6.22. The summed E-state index contributed by atoms with van der Waals surface area (Å²) >= 11 is 8.00. The van der Waals surface area contributed by atoms with Gasteiger partial charge in [0.25, 0.3) is 0 Å². The third-order valence-electron chi connectivity index (χ3n) is 3.63. The highest BCUT2D eigenvalue weighted by atomic mass is 35.5. The monoisotopic (exact) mass is 319 g/mol. The molecule has 0 fully saturated rings. The average Bonchev–Trinajstić information content (AvgIpc) is 3.11. The first-order chi connectivity index (χ1) is 10.2. The number of furan rings is 1. The Morgan fingerprint density at radius 2 is 2.14 bits per heavy atom. The minimum Gasteiger partial charge on any atom is -0.457 e. The van der Waals surface area contributed by atoms with Gasteiger partial charge in [0.1, 0.15) is 11.8 Å². The fourth-order valence-corrected chi connectivity index (χ4v) is 3.91. The van der Waals surface area contributed by atoms with E-state index in [0.29, 0.717) is 5.02 Å². The predicted octanol–water partition coefficient (Wildman–Crippen LogP) is 5.41. The first-order valence-corrected chi connectivity index (χ1v) is 8.48. The Morgan fingerprint density at radius 1 is 1.29 bits per heavy atom. The topological polar surface area (TPSA) is 25.2 Å². The van der Waals surface area contributed by atoms with E-state index < -0.39 is 0 Å². The number of rotatable bonds is 5. The van der Waals surface area contributed by atoms with Crippen LogP contribution in [0.5, 0.6) is 0 Å². The van der Waals surface area contributed by atoms with Crippen molar-refractivity contribution >= 4 is 33.9 Å². The van der Waals surface area contributed by atoms with Crippen LogP contribution >= 0.6 is 22.9 Å². The summed E-state index contributed by atoms with van der Waals surface area (Å²) in [6.45, 7) is 5.18. The SMILES string of the molecule is CCNC(c1cc2cccc(Cl)c2o1)c1sccc1CC. The Morgan fingerprint density at radius 3 is 2.86 bits per heavy atom. The Kier molecular flexibility index (Phi) is 4.34. The van der Waals surface area contributed by atoms with Crippen LogP contribution in [0.3, 0.4) is 0 Å². The van der Waals surface area contributed by atoms with Crippen LogP contribution in [0.15, 0.2) is 40.1 Å². The van der Waals surface area contributed by atoms with Crippen molar-refractivity contribution in [3.8, 4) is 0 Å². The van der Waals surface area contributed by atoms with Gasteiger partial charge in [0, 0.05) is 10.3 Å². The van der Waals surface area contributed by atoms with Crippen molar-refractivity contribution in [1.82, 2.24) is 5.32 Å². The Labute approximate surface area is 133 Å². The van der Waals surface area contributed by atoms with Crippen molar-refractivity contribution in [2.45, 2.75) is 26.3 Å². The number of para-hydroxylation sites is 1. The van der Waals surface area contributed by atoms with E-state index in [-0.39, 0.29) is 6.04 Å². The quantitative estimate of drug-likeness (QED) is 0.680. The molecule has 2 aromatic heterocycles. The standard InChI is InChI=1S/C17H18ClNOS/c1-3-11-8-9-21-17(11)15(19-4-2)14-10-12-6-5-7-13(18)16(12)20-14/h5-10,15,19H,3-4H2,1-2H3. The molecule has 0 spiro atoms. The lowest BCUT2D eigenvalue weighted by molar-refractivity contribution is 0.479. The zero-order valence-corrected chi connectivity index (χ0v) is 13.7. The third kappa shape index (κ3) is 2.73. The van der Waals surface area contributed by atoms with Gasteiger partial charge in [-0.2, -0.15) is 0 Å². The first-order valence-electron chi connectivity index (χ1n) is 7.22. The normalized spacial score (nSPS) is 12.9. The molecule has 1 aromatic carbocycles. The minimum atomic E-state index is 0.0911. The molecule has 3 rings (SSSR count). The molecule has 0 bridgehead atoms. The summed E-state index contributed by atoms with van der Waals surface area (Å²) < 4.78 is 6.05. The second-order valence-electron chi connectivity index (χ2n) is 4.96. The van der Waals surface area contributed by atoms with Gasteiger partial charge in [-0.05, 0) is 42.1 Å². The summed E-state index contributed by atoms with van der Waals surface area (Å²) in [6, 6.07) is 10.2. The van der Waals surface area contributed by atoms with E-state index in [4.69, 9.17) is 16.0 Å². The first kappa shape index (κ1) is 14.6. The van der Waals surface area contributed by atoms with Gasteiger partial charge >= 0.3 is 0 Å². The summed E-state index contributed by atoms with van der Waals surface area (Å²) in [5.74, 6) is 0.928. The lowest BCUT2D eigenvalue weighted by atomic mass is 10.1. The molecule has 4 heteroatoms. The highest BCUT2D eigenvalue weighted by molar-refractivity contribution is 7.10. The van der Waals surface area contributed by atoms with Crippen LogP contribution < -0.4 is 5.32 Å². The fourth-order valence-electron chi connectivity index (χ4n) is 2.61. The van der Waals surface area contributed by atoms with Crippen molar-refractivity contribution < 1.29 is 4.42 Å². The lowest BCUT2D eigenvalue weighted by Crippen LogP contribution is -2.21. The molecule has 2 heterocycles. The van der Waals surface area contributed by atoms with Crippen molar-refractivity contribution in [2.24, 2.45) is 0 Å². The molecule has 0 saturated carbocycles. The van der Waals surface area contributed by atoms with Crippen molar-refractivity contribution in [1.29, 1.82) is 0 Å². The number of hydrogen-bond acceptors (Lipinski definition) is 3. The van der Waals surface area contributed by atoms with E-state index in [2.05, 4.69) is 36.7 Å². The van der Waals surface area contributed by atoms with E-state index in [1.165, 1.54) is 10.4 Å². The number of nitrogens with one attached hydrogen (secondary N) is 1. The van der Waals surface area contributed by atoms with Crippen LogP contribution in [0.4, 0.5) is 0 Å². The molecule has 0 radical (unpaired) electrons. The minimum absolute atomic E-state index is 0.0911. The van der Waals surface area contributed by atoms with Crippen LogP contribution in [-0.2, 0) is 6.42 Å². The van der Waals surface area contributed by atoms with Crippen LogP contribution in [0.25, 0.3) is 11.0 Å². The highest BCUT2D eigenvalue weighted by Crippen LogP contribution is 2.35. The second-order valence-corrected chi connectivity index (χ2v) is 6.32. The molecule has 0 aliphatic carbocycles. The van der Waals surface area contributed by atoms with Gasteiger partial charge in [-0.3, -0.25) is 0 Å². The second kappa shape index (κ2) is 6.22. The highest BCUT2D eigenvalue weighted by Gasteiger charge is 2.21. The van der Waals surface area contributed by atoms with Crippen molar-refractivity contribution in [3.63, 3.8) is 0 Å². The Hall–Kier alpha value is -1.29. The molecule has 0 amide bonds. The van der Waals surface area contributed by atoms with E-state index in [1.54, 1.807) is 11.3 Å². The Bertz CT molecular complexity index is 746. The van der Waals surface area contributed by atoms with E-state index in [1.807, 2.05) is 18.2 Å². The van der Waals surface area contributed by atoms with E-state index in [9.17, 15) is 0 Å². The number of halogens is 1. The molecule has 2 nitrogen and oxygen atoms in total. The molecule has 1 unspecified atom stereocenters. The van der Waals surface area contributed by atoms with Gasteiger partial charge in [0.05, 0.1) is 5.02 Å². The van der Waals surface area contributed by atoms with Crippen molar-refractivity contribution in [2.75, 3.05) is 6.54 Å². The van der Waals surface area contributed by atoms with Crippen molar-refractivity contribution in [3.05, 3.63) is 56.9 Å². The Balaban J connectivity index is 2.09. The smallest absolute Gasteiger partial charge is 0.152 e. The van der Waals surface area contributed by atoms with Gasteiger partial charge in [-0.15, -0.1) is 11.3 Å². The lowest BCUT2D eigenvalue weighted by Gasteiger charge is -2.15. The van der Waals surface area contributed by atoms with E-state index in [0.717, 1.165) is 29.7 Å². The molecule has 0 aliphatic rings. The van der Waals surface area contributed by atoms with Gasteiger partial charge in [-0.1, -0.05) is 37.6 Å². The summed E-state index contributed by atoms with van der Waals surface area (Å²) in [4.78, 5) is 1.33. The molecule has 21 heavy (non-hydrogen) atoms. The average molecular weight is 320 g/mol. The number of aryl methyl sites for hydroxylation is 1. The number of thiophene rings is 1. The molecular weight excluding hydrogens is 302 g/mol. The summed E-state index contributed by atoms with van der Waals surface area (Å²) in [6.07, 6.45) is 1.03. The van der Waals surface area contributed by atoms with Crippen LogP contribution in [-0.4, -0.2) is 6.54 Å². The number of fused-ring (bicyclic) bond motifs is 1. The zero-order valence-electron chi connectivity index (χ0n) is 12.2. The maximum Gasteiger partial charge on any atom is 0.152 e. The summed E-state index contributed by atoms with van der Waals surface area (Å²) in [5.41, 5.74) is 2.14. The van der Waals surface area contributed by atoms with Crippen LogP contribution in [0.1, 0.15) is 36.1 Å². The predicted molar refractivity (Wildman–Crippen MR) is 90.4 cm³/mol. The molecular formula is C17H18ClNOS. The molecule has 0 saturated heterocycles. The van der Waals surface area contributed by atoms with Gasteiger partial charge < -0.3 is 9.73 Å². The molecule has 0 aliphatic heterocycles. The number of benzene rings is 1. The number of hydrogen-bond donors (Lipinski definition) is 1. The molecule has 1 N–H and O–H groups in total. The molecule has 3 aromatic rings. The summed E-state index contributed by atoms with van der Waals surface area (Å²) in [7, 11) is 0. The van der Waals surface area contributed by atoms with Gasteiger partial charge in [0.2, 0.25) is 0 Å².